The standard InChI is InChI=1S/C9H17N3O4S/c1-6(8(10)12-14)9(13)11-4-7-2-3-17(15,16)5-7/h6-7,14H,2-5H2,1H3,(H2,10,12)(H,11,13). The first-order valence-corrected chi connectivity index (χ1v) is 7.13. The van der Waals surface area contributed by atoms with E-state index in [4.69, 9.17) is 10.9 Å². The van der Waals surface area contributed by atoms with Crippen molar-refractivity contribution in [1.29, 1.82) is 0 Å². The van der Waals surface area contributed by atoms with Crippen molar-refractivity contribution in [2.45, 2.75) is 13.3 Å². The van der Waals surface area contributed by atoms with E-state index >= 15 is 0 Å². The average Bonchev–Trinajstić information content (AvgIpc) is 2.63. The third-order valence-corrected chi connectivity index (χ3v) is 4.68. The third kappa shape index (κ3) is 3.88. The summed E-state index contributed by atoms with van der Waals surface area (Å²) in [7, 11) is -2.92. The summed E-state index contributed by atoms with van der Waals surface area (Å²) in [6.07, 6.45) is 0.570. The van der Waals surface area contributed by atoms with Crippen LogP contribution in [0.25, 0.3) is 0 Å². The van der Waals surface area contributed by atoms with Gasteiger partial charge in [-0.3, -0.25) is 4.79 Å². The summed E-state index contributed by atoms with van der Waals surface area (Å²) in [5, 5.41) is 13.8. The van der Waals surface area contributed by atoms with Gasteiger partial charge in [0.05, 0.1) is 17.4 Å². The van der Waals surface area contributed by atoms with Crippen LogP contribution in [0.5, 0.6) is 0 Å². The number of oxime groups is 1. The highest BCUT2D eigenvalue weighted by molar-refractivity contribution is 7.91. The van der Waals surface area contributed by atoms with E-state index in [2.05, 4.69) is 10.5 Å². The molecule has 1 aliphatic rings. The monoisotopic (exact) mass is 263 g/mol. The van der Waals surface area contributed by atoms with Gasteiger partial charge < -0.3 is 16.3 Å². The van der Waals surface area contributed by atoms with Crippen molar-refractivity contribution in [1.82, 2.24) is 5.32 Å². The maximum atomic E-state index is 11.5. The number of nitrogens with zero attached hydrogens (tertiary/aromatic N) is 1. The number of nitrogens with two attached hydrogens (primary N) is 1. The molecule has 0 radical (unpaired) electrons. The minimum atomic E-state index is -2.92. The smallest absolute Gasteiger partial charge is 0.230 e. The van der Waals surface area contributed by atoms with Gasteiger partial charge in [-0.05, 0) is 19.3 Å². The van der Waals surface area contributed by atoms with Gasteiger partial charge in [-0.1, -0.05) is 5.16 Å². The van der Waals surface area contributed by atoms with Crippen LogP contribution in [0.1, 0.15) is 13.3 Å². The van der Waals surface area contributed by atoms with Gasteiger partial charge in [0.1, 0.15) is 0 Å². The second-order valence-electron chi connectivity index (χ2n) is 4.26. The minimum Gasteiger partial charge on any atom is -0.409 e. The van der Waals surface area contributed by atoms with E-state index in [0.717, 1.165) is 0 Å². The van der Waals surface area contributed by atoms with Crippen molar-refractivity contribution in [3.8, 4) is 0 Å². The zero-order chi connectivity index (χ0) is 13.1. The minimum absolute atomic E-state index is 0.0385. The van der Waals surface area contributed by atoms with E-state index in [1.807, 2.05) is 0 Å². The summed E-state index contributed by atoms with van der Waals surface area (Å²) in [5.41, 5.74) is 5.29. The van der Waals surface area contributed by atoms with E-state index in [9.17, 15) is 13.2 Å². The Balaban J connectivity index is 2.40. The van der Waals surface area contributed by atoms with E-state index < -0.39 is 15.8 Å². The molecule has 2 atom stereocenters. The number of sulfone groups is 1. The van der Waals surface area contributed by atoms with E-state index in [0.29, 0.717) is 13.0 Å². The number of rotatable bonds is 4. The Morgan fingerprint density at radius 1 is 1.65 bits per heavy atom. The molecule has 7 nitrogen and oxygen atoms in total. The molecule has 1 heterocycles. The fourth-order valence-electron chi connectivity index (χ4n) is 1.65. The van der Waals surface area contributed by atoms with Crippen LogP contribution >= 0.6 is 0 Å². The molecule has 1 amide bonds. The summed E-state index contributed by atoms with van der Waals surface area (Å²) < 4.78 is 22.4. The molecule has 0 aromatic heterocycles. The number of hydrogen-bond donors (Lipinski definition) is 3. The highest BCUT2D eigenvalue weighted by Gasteiger charge is 2.28. The molecule has 4 N–H and O–H groups in total. The lowest BCUT2D eigenvalue weighted by Crippen LogP contribution is -2.39. The molecule has 1 fully saturated rings. The molecule has 1 saturated heterocycles. The molecular formula is C9H17N3O4S. The fourth-order valence-corrected chi connectivity index (χ4v) is 3.51. The zero-order valence-corrected chi connectivity index (χ0v) is 10.4. The van der Waals surface area contributed by atoms with Crippen LogP contribution in [0.3, 0.4) is 0 Å². The molecule has 0 aromatic rings. The van der Waals surface area contributed by atoms with Gasteiger partial charge in [-0.25, -0.2) is 8.42 Å². The lowest BCUT2D eigenvalue weighted by atomic mass is 10.1. The Morgan fingerprint density at radius 3 is 2.76 bits per heavy atom. The molecule has 0 aliphatic carbocycles. The van der Waals surface area contributed by atoms with E-state index in [1.165, 1.54) is 6.92 Å². The fraction of sp³-hybridized carbons (Fsp3) is 0.778. The number of hydrogen-bond acceptors (Lipinski definition) is 5. The first-order valence-electron chi connectivity index (χ1n) is 5.31. The second-order valence-corrected chi connectivity index (χ2v) is 6.49. The van der Waals surface area contributed by atoms with Crippen molar-refractivity contribution in [2.24, 2.45) is 22.7 Å². The van der Waals surface area contributed by atoms with Crippen molar-refractivity contribution in [3.05, 3.63) is 0 Å². The number of carbonyl (C=O) groups excluding carboxylic acids is 1. The third-order valence-electron chi connectivity index (χ3n) is 2.84. The largest absolute Gasteiger partial charge is 0.409 e. The molecule has 0 saturated carbocycles. The van der Waals surface area contributed by atoms with Crippen LogP contribution in [0, 0.1) is 11.8 Å². The van der Waals surface area contributed by atoms with E-state index in [1.54, 1.807) is 0 Å². The molecular weight excluding hydrogens is 246 g/mol. The van der Waals surface area contributed by atoms with Crippen LogP contribution in [0.4, 0.5) is 0 Å². The Bertz CT molecular complexity index is 418. The van der Waals surface area contributed by atoms with Crippen molar-refractivity contribution in [3.63, 3.8) is 0 Å². The summed E-state index contributed by atoms with van der Waals surface area (Å²) in [6.45, 7) is 1.82. The molecule has 98 valence electrons. The van der Waals surface area contributed by atoms with Crippen molar-refractivity contribution >= 4 is 21.6 Å². The molecule has 2 unspecified atom stereocenters. The van der Waals surface area contributed by atoms with Gasteiger partial charge in [0.15, 0.2) is 15.7 Å². The Hall–Kier alpha value is -1.31. The molecule has 8 heteroatoms. The van der Waals surface area contributed by atoms with Crippen LogP contribution in [0.2, 0.25) is 0 Å². The van der Waals surface area contributed by atoms with Crippen molar-refractivity contribution < 1.29 is 18.4 Å². The van der Waals surface area contributed by atoms with Gasteiger partial charge in [0, 0.05) is 6.54 Å². The molecule has 0 spiro atoms. The number of nitrogens with one attached hydrogen (secondary N) is 1. The van der Waals surface area contributed by atoms with Crippen LogP contribution in [-0.4, -0.2) is 43.4 Å². The Kier molecular flexibility index (Phi) is 4.33. The average molecular weight is 263 g/mol. The molecule has 17 heavy (non-hydrogen) atoms. The van der Waals surface area contributed by atoms with Gasteiger partial charge in [0.25, 0.3) is 0 Å². The summed E-state index contributed by atoms with van der Waals surface area (Å²) >= 11 is 0. The highest BCUT2D eigenvalue weighted by atomic mass is 32.2. The van der Waals surface area contributed by atoms with Gasteiger partial charge >= 0.3 is 0 Å². The molecule has 0 bridgehead atoms. The maximum Gasteiger partial charge on any atom is 0.230 e. The predicted molar refractivity (Wildman–Crippen MR) is 62.3 cm³/mol. The number of carbonyl (C=O) groups is 1. The second kappa shape index (κ2) is 5.35. The number of amidine groups is 1. The zero-order valence-electron chi connectivity index (χ0n) is 9.59. The summed E-state index contributed by atoms with van der Waals surface area (Å²) in [4.78, 5) is 11.5. The summed E-state index contributed by atoms with van der Waals surface area (Å²) in [5.74, 6) is -0.998. The van der Waals surface area contributed by atoms with Gasteiger partial charge in [-0.2, -0.15) is 0 Å². The number of amides is 1. The first-order chi connectivity index (χ1) is 7.85. The maximum absolute atomic E-state index is 11.5. The van der Waals surface area contributed by atoms with Gasteiger partial charge in [-0.15, -0.1) is 0 Å². The topological polar surface area (TPSA) is 122 Å². The van der Waals surface area contributed by atoms with Crippen molar-refractivity contribution in [2.75, 3.05) is 18.1 Å². The van der Waals surface area contributed by atoms with Gasteiger partial charge in [0.2, 0.25) is 5.91 Å². The molecule has 1 rings (SSSR count). The lowest BCUT2D eigenvalue weighted by Gasteiger charge is -2.13. The lowest BCUT2D eigenvalue weighted by molar-refractivity contribution is -0.122. The normalized spacial score (nSPS) is 25.5. The Morgan fingerprint density at radius 2 is 2.29 bits per heavy atom. The SMILES string of the molecule is CC(C(=O)NCC1CCS(=O)(=O)C1)C(N)=NO. The molecule has 1 aliphatic heterocycles. The quantitative estimate of drug-likeness (QED) is 0.258. The van der Waals surface area contributed by atoms with E-state index in [-0.39, 0.29) is 29.2 Å². The Labute approximate surface area is 100.0 Å². The predicted octanol–water partition coefficient (Wildman–Crippen LogP) is -1.08. The summed E-state index contributed by atoms with van der Waals surface area (Å²) in [6, 6.07) is 0. The van der Waals surface area contributed by atoms with Crippen LogP contribution < -0.4 is 11.1 Å². The first kappa shape index (κ1) is 13.8. The highest BCUT2D eigenvalue weighted by Crippen LogP contribution is 2.17. The van der Waals surface area contributed by atoms with Crippen LogP contribution in [0.15, 0.2) is 5.16 Å². The molecule has 0 aromatic carbocycles. The van der Waals surface area contributed by atoms with Crippen LogP contribution in [-0.2, 0) is 14.6 Å².